The van der Waals surface area contributed by atoms with Gasteiger partial charge in [0.2, 0.25) is 5.89 Å². The predicted molar refractivity (Wildman–Crippen MR) is 101 cm³/mol. The lowest BCUT2D eigenvalue weighted by molar-refractivity contribution is 0.316. The van der Waals surface area contributed by atoms with E-state index in [1.165, 1.54) is 28.5 Å². The van der Waals surface area contributed by atoms with Crippen molar-refractivity contribution in [1.82, 2.24) is 9.88 Å². The van der Waals surface area contributed by atoms with Gasteiger partial charge in [-0.05, 0) is 47.6 Å². The third-order valence-electron chi connectivity index (χ3n) is 4.40. The molecule has 0 aliphatic carbocycles. The van der Waals surface area contributed by atoms with Gasteiger partial charge in [0, 0.05) is 18.7 Å². The maximum atomic E-state index is 13.0. The molecule has 3 nitrogen and oxygen atoms in total. The van der Waals surface area contributed by atoms with Crippen molar-refractivity contribution in [3.63, 3.8) is 0 Å². The third-order valence-corrected chi connectivity index (χ3v) is 4.40. The van der Waals surface area contributed by atoms with Crippen LogP contribution in [-0.4, -0.2) is 16.9 Å². The van der Waals surface area contributed by atoms with Crippen LogP contribution >= 0.6 is 0 Å². The van der Waals surface area contributed by atoms with Gasteiger partial charge in [0.25, 0.3) is 0 Å². The van der Waals surface area contributed by atoms with Crippen LogP contribution in [0.1, 0.15) is 11.3 Å². The van der Waals surface area contributed by atoms with Crippen LogP contribution in [0.5, 0.6) is 0 Å². The lowest BCUT2D eigenvalue weighted by Crippen LogP contribution is -2.17. The highest BCUT2D eigenvalue weighted by Gasteiger charge is 2.10. The van der Waals surface area contributed by atoms with Crippen molar-refractivity contribution >= 4 is 10.8 Å². The van der Waals surface area contributed by atoms with Gasteiger partial charge in [-0.1, -0.05) is 42.5 Å². The van der Waals surface area contributed by atoms with E-state index in [1.54, 1.807) is 18.4 Å². The summed E-state index contributed by atoms with van der Waals surface area (Å²) >= 11 is 0. The fourth-order valence-corrected chi connectivity index (χ4v) is 3.16. The predicted octanol–water partition coefficient (Wildman–Crippen LogP) is 5.27. The molecule has 0 radical (unpaired) electrons. The zero-order chi connectivity index (χ0) is 17.9. The zero-order valence-electron chi connectivity index (χ0n) is 14.5. The van der Waals surface area contributed by atoms with Crippen LogP contribution in [0.25, 0.3) is 22.2 Å². The first-order valence-corrected chi connectivity index (χ1v) is 8.54. The van der Waals surface area contributed by atoms with Crippen molar-refractivity contribution in [2.75, 3.05) is 7.05 Å². The summed E-state index contributed by atoms with van der Waals surface area (Å²) < 4.78 is 18.6. The number of fused-ring (bicyclic) bond motifs is 1. The van der Waals surface area contributed by atoms with Crippen LogP contribution in [0.4, 0.5) is 4.39 Å². The SMILES string of the molecule is CN(Cc1coc(-c2ccc(F)cc2)n1)Cc1cccc2ccccc12. The van der Waals surface area contributed by atoms with Gasteiger partial charge in [0.05, 0.1) is 5.69 Å². The van der Waals surface area contributed by atoms with E-state index in [0.717, 1.165) is 17.8 Å². The average molecular weight is 346 g/mol. The topological polar surface area (TPSA) is 29.3 Å². The van der Waals surface area contributed by atoms with Crippen LogP contribution in [0.3, 0.4) is 0 Å². The third kappa shape index (κ3) is 3.51. The Morgan fingerprint density at radius 3 is 2.54 bits per heavy atom. The summed E-state index contributed by atoms with van der Waals surface area (Å²) in [6.07, 6.45) is 1.66. The Balaban J connectivity index is 1.48. The standard InChI is InChI=1S/C22H19FN2O/c1-25(13-18-7-4-6-16-5-2-3-8-21(16)18)14-20-15-26-22(24-20)17-9-11-19(23)12-10-17/h2-12,15H,13-14H2,1H3. The molecule has 0 aliphatic rings. The molecule has 0 unspecified atom stereocenters. The quantitative estimate of drug-likeness (QED) is 0.493. The maximum Gasteiger partial charge on any atom is 0.226 e. The molecule has 4 aromatic rings. The Bertz CT molecular complexity index is 1020. The number of benzene rings is 3. The minimum atomic E-state index is -0.268. The number of hydrogen-bond acceptors (Lipinski definition) is 3. The second-order valence-electron chi connectivity index (χ2n) is 6.46. The van der Waals surface area contributed by atoms with Gasteiger partial charge in [-0.25, -0.2) is 9.37 Å². The summed E-state index contributed by atoms with van der Waals surface area (Å²) in [4.78, 5) is 6.73. The Kier molecular flexibility index (Phi) is 4.50. The van der Waals surface area contributed by atoms with Crippen molar-refractivity contribution in [1.29, 1.82) is 0 Å². The molecule has 26 heavy (non-hydrogen) atoms. The van der Waals surface area contributed by atoms with E-state index in [-0.39, 0.29) is 5.82 Å². The Labute approximate surface area is 151 Å². The van der Waals surface area contributed by atoms with Gasteiger partial charge < -0.3 is 4.42 Å². The summed E-state index contributed by atoms with van der Waals surface area (Å²) in [6.45, 7) is 1.49. The highest BCUT2D eigenvalue weighted by Crippen LogP contribution is 2.22. The lowest BCUT2D eigenvalue weighted by Gasteiger charge is -2.16. The molecule has 0 N–H and O–H groups in total. The number of oxazole rings is 1. The highest BCUT2D eigenvalue weighted by molar-refractivity contribution is 5.85. The van der Waals surface area contributed by atoms with Crippen molar-refractivity contribution < 1.29 is 8.81 Å². The van der Waals surface area contributed by atoms with Crippen LogP contribution in [0.2, 0.25) is 0 Å². The second-order valence-corrected chi connectivity index (χ2v) is 6.46. The van der Waals surface area contributed by atoms with Crippen molar-refractivity contribution in [3.8, 4) is 11.5 Å². The van der Waals surface area contributed by atoms with Gasteiger partial charge in [0.15, 0.2) is 0 Å². The number of hydrogen-bond donors (Lipinski definition) is 0. The minimum absolute atomic E-state index is 0.268. The number of halogens is 1. The van der Waals surface area contributed by atoms with E-state index in [1.807, 2.05) is 0 Å². The summed E-state index contributed by atoms with van der Waals surface area (Å²) in [5.41, 5.74) is 2.91. The molecule has 0 bridgehead atoms. The molecule has 4 rings (SSSR count). The van der Waals surface area contributed by atoms with E-state index in [9.17, 15) is 4.39 Å². The van der Waals surface area contributed by atoms with Gasteiger partial charge in [0.1, 0.15) is 12.1 Å². The normalized spacial score (nSPS) is 11.3. The first-order chi connectivity index (χ1) is 12.7. The molecule has 4 heteroatoms. The fraction of sp³-hybridized carbons (Fsp3) is 0.136. The first kappa shape index (κ1) is 16.5. The molecule has 130 valence electrons. The van der Waals surface area contributed by atoms with Crippen molar-refractivity contribution in [3.05, 3.63) is 90.1 Å². The Hall–Kier alpha value is -2.98. The molecule has 0 saturated carbocycles. The zero-order valence-corrected chi connectivity index (χ0v) is 14.5. The molecule has 0 spiro atoms. The molecule has 0 saturated heterocycles. The van der Waals surface area contributed by atoms with E-state index < -0.39 is 0 Å². The fourth-order valence-electron chi connectivity index (χ4n) is 3.16. The first-order valence-electron chi connectivity index (χ1n) is 8.54. The Morgan fingerprint density at radius 2 is 1.69 bits per heavy atom. The van der Waals surface area contributed by atoms with E-state index in [0.29, 0.717) is 12.4 Å². The molecule has 1 heterocycles. The lowest BCUT2D eigenvalue weighted by atomic mass is 10.0. The number of nitrogens with zero attached hydrogens (tertiary/aromatic N) is 2. The van der Waals surface area contributed by atoms with Crippen molar-refractivity contribution in [2.24, 2.45) is 0 Å². The largest absolute Gasteiger partial charge is 0.444 e. The van der Waals surface area contributed by atoms with Gasteiger partial charge in [-0.15, -0.1) is 0 Å². The van der Waals surface area contributed by atoms with Gasteiger partial charge in [-0.3, -0.25) is 4.90 Å². The smallest absolute Gasteiger partial charge is 0.226 e. The van der Waals surface area contributed by atoms with Crippen LogP contribution in [-0.2, 0) is 13.1 Å². The van der Waals surface area contributed by atoms with Crippen molar-refractivity contribution in [2.45, 2.75) is 13.1 Å². The number of rotatable bonds is 5. The molecule has 0 atom stereocenters. The van der Waals surface area contributed by atoms with Crippen LogP contribution in [0, 0.1) is 5.82 Å². The molecular formula is C22H19FN2O. The van der Waals surface area contributed by atoms with Crippen LogP contribution in [0.15, 0.2) is 77.4 Å². The number of aromatic nitrogens is 1. The summed E-state index contributed by atoms with van der Waals surface area (Å²) in [5, 5.41) is 2.52. The van der Waals surface area contributed by atoms with E-state index in [4.69, 9.17) is 4.42 Å². The van der Waals surface area contributed by atoms with Gasteiger partial charge in [-0.2, -0.15) is 0 Å². The summed E-state index contributed by atoms with van der Waals surface area (Å²) in [5.74, 6) is 0.244. The molecule has 0 aliphatic heterocycles. The molecule has 0 fully saturated rings. The average Bonchev–Trinajstić information content (AvgIpc) is 3.11. The summed E-state index contributed by atoms with van der Waals surface area (Å²) in [7, 11) is 2.06. The highest BCUT2D eigenvalue weighted by atomic mass is 19.1. The van der Waals surface area contributed by atoms with Crippen LogP contribution < -0.4 is 0 Å². The molecule has 0 amide bonds. The summed E-state index contributed by atoms with van der Waals surface area (Å²) in [6, 6.07) is 21.0. The minimum Gasteiger partial charge on any atom is -0.444 e. The molecule has 3 aromatic carbocycles. The van der Waals surface area contributed by atoms with Gasteiger partial charge >= 0.3 is 0 Å². The van der Waals surface area contributed by atoms with E-state index >= 15 is 0 Å². The van der Waals surface area contributed by atoms with E-state index in [2.05, 4.69) is 59.4 Å². The second kappa shape index (κ2) is 7.10. The molecular weight excluding hydrogens is 327 g/mol. The molecule has 1 aromatic heterocycles. The Morgan fingerprint density at radius 1 is 0.923 bits per heavy atom. The maximum absolute atomic E-state index is 13.0. The monoisotopic (exact) mass is 346 g/mol.